The summed E-state index contributed by atoms with van der Waals surface area (Å²) in [5, 5.41) is 0. The van der Waals surface area contributed by atoms with Gasteiger partial charge in [-0.15, -0.1) is 0 Å². The summed E-state index contributed by atoms with van der Waals surface area (Å²) in [6.45, 7) is 0. The van der Waals surface area contributed by atoms with Gasteiger partial charge in [0.2, 0.25) is 0 Å². The summed E-state index contributed by atoms with van der Waals surface area (Å²) in [6, 6.07) is 0. The molecule has 0 saturated heterocycles. The molecule has 1 atom stereocenters. The third-order valence-corrected chi connectivity index (χ3v) is 2.91. The van der Waals surface area contributed by atoms with Crippen LogP contribution < -0.4 is 0 Å². The molecule has 0 aliphatic heterocycles. The van der Waals surface area contributed by atoms with Crippen molar-refractivity contribution in [1.82, 2.24) is 0 Å². The second kappa shape index (κ2) is 2.32. The molecule has 11 heavy (non-hydrogen) atoms. The minimum Gasteiger partial charge on any atom is -0.349 e. The number of methoxy groups -OCH3 is 2. The van der Waals surface area contributed by atoms with E-state index in [-0.39, 0.29) is 5.79 Å². The summed E-state index contributed by atoms with van der Waals surface area (Å²) in [5.41, 5.74) is 1.35. The van der Waals surface area contributed by atoms with E-state index < -0.39 is 0 Å². The number of hydrogen-bond donors (Lipinski definition) is 0. The standard InChI is InChI=1S/C9H14O2/c1-10-9(11-2)6-7-3-4-8(9)5-7/h4,7H,3,5-6H2,1-2H3. The zero-order valence-corrected chi connectivity index (χ0v) is 7.09. The molecule has 0 amide bonds. The van der Waals surface area contributed by atoms with Crippen LogP contribution in [0.25, 0.3) is 0 Å². The van der Waals surface area contributed by atoms with Gasteiger partial charge in [0, 0.05) is 20.6 Å². The Balaban J connectivity index is 2.26. The lowest BCUT2D eigenvalue weighted by Crippen LogP contribution is -2.33. The molecule has 62 valence electrons. The molecule has 0 aromatic carbocycles. The molecule has 0 radical (unpaired) electrons. The second-order valence-electron chi connectivity index (χ2n) is 3.40. The molecule has 2 heteroatoms. The highest BCUT2D eigenvalue weighted by molar-refractivity contribution is 5.25. The molecule has 0 N–H and O–H groups in total. The highest BCUT2D eigenvalue weighted by Gasteiger charge is 2.46. The topological polar surface area (TPSA) is 18.5 Å². The molecule has 2 nitrogen and oxygen atoms in total. The highest BCUT2D eigenvalue weighted by Crippen LogP contribution is 2.48. The quantitative estimate of drug-likeness (QED) is 0.445. The van der Waals surface area contributed by atoms with Crippen LogP contribution in [0.1, 0.15) is 19.3 Å². The van der Waals surface area contributed by atoms with E-state index in [4.69, 9.17) is 9.47 Å². The lowest BCUT2D eigenvalue weighted by Gasteiger charge is -2.29. The summed E-state index contributed by atoms with van der Waals surface area (Å²) < 4.78 is 10.8. The van der Waals surface area contributed by atoms with Crippen molar-refractivity contribution in [3.63, 3.8) is 0 Å². The molecule has 1 saturated carbocycles. The van der Waals surface area contributed by atoms with Gasteiger partial charge < -0.3 is 9.47 Å². The molecule has 2 aliphatic carbocycles. The van der Waals surface area contributed by atoms with Crippen molar-refractivity contribution < 1.29 is 9.47 Å². The van der Waals surface area contributed by atoms with E-state index in [1.54, 1.807) is 14.2 Å². The number of ether oxygens (including phenoxy) is 2. The minimum atomic E-state index is -0.344. The third-order valence-electron chi connectivity index (χ3n) is 2.91. The zero-order chi connectivity index (χ0) is 7.90. The maximum Gasteiger partial charge on any atom is 0.190 e. The molecular weight excluding hydrogens is 140 g/mol. The maximum atomic E-state index is 5.39. The van der Waals surface area contributed by atoms with E-state index in [0.717, 1.165) is 12.3 Å². The first-order chi connectivity index (χ1) is 5.30. The van der Waals surface area contributed by atoms with Crippen molar-refractivity contribution in [3.05, 3.63) is 11.6 Å². The maximum absolute atomic E-state index is 5.39. The van der Waals surface area contributed by atoms with Crippen molar-refractivity contribution in [2.24, 2.45) is 5.92 Å². The first-order valence-electron chi connectivity index (χ1n) is 4.10. The van der Waals surface area contributed by atoms with Crippen LogP contribution in [0.15, 0.2) is 11.6 Å². The SMILES string of the molecule is COC1(OC)CC2CC=C1C2. The van der Waals surface area contributed by atoms with Crippen molar-refractivity contribution in [3.8, 4) is 0 Å². The lowest BCUT2D eigenvalue weighted by molar-refractivity contribution is -0.178. The van der Waals surface area contributed by atoms with E-state index in [0.29, 0.717) is 0 Å². The summed E-state index contributed by atoms with van der Waals surface area (Å²) in [5.74, 6) is 0.438. The van der Waals surface area contributed by atoms with Crippen molar-refractivity contribution in [2.45, 2.75) is 25.0 Å². The molecule has 1 unspecified atom stereocenters. The lowest BCUT2D eigenvalue weighted by atomic mass is 10.0. The molecule has 0 heterocycles. The predicted molar refractivity (Wildman–Crippen MR) is 42.2 cm³/mol. The molecule has 0 aromatic heterocycles. The van der Waals surface area contributed by atoms with Crippen LogP contribution >= 0.6 is 0 Å². The number of allylic oxidation sites excluding steroid dienone is 1. The molecule has 2 bridgehead atoms. The van der Waals surface area contributed by atoms with E-state index >= 15 is 0 Å². The monoisotopic (exact) mass is 154 g/mol. The second-order valence-corrected chi connectivity index (χ2v) is 3.40. The number of rotatable bonds is 2. The van der Waals surface area contributed by atoms with Crippen LogP contribution in [-0.2, 0) is 9.47 Å². The van der Waals surface area contributed by atoms with Gasteiger partial charge >= 0.3 is 0 Å². The van der Waals surface area contributed by atoms with Crippen LogP contribution in [0.4, 0.5) is 0 Å². The molecule has 2 aliphatic rings. The molecular formula is C9H14O2. The molecule has 0 spiro atoms. The van der Waals surface area contributed by atoms with E-state index in [1.807, 2.05) is 0 Å². The van der Waals surface area contributed by atoms with Crippen LogP contribution in [-0.4, -0.2) is 20.0 Å². The van der Waals surface area contributed by atoms with Gasteiger partial charge in [-0.05, 0) is 24.3 Å². The minimum absolute atomic E-state index is 0.344. The third kappa shape index (κ3) is 0.861. The van der Waals surface area contributed by atoms with E-state index in [2.05, 4.69) is 6.08 Å². The number of hydrogen-bond acceptors (Lipinski definition) is 2. The van der Waals surface area contributed by atoms with Crippen LogP contribution in [0, 0.1) is 5.92 Å². The summed E-state index contributed by atoms with van der Waals surface area (Å²) >= 11 is 0. The van der Waals surface area contributed by atoms with Gasteiger partial charge in [0.15, 0.2) is 5.79 Å². The fourth-order valence-corrected chi connectivity index (χ4v) is 2.28. The van der Waals surface area contributed by atoms with Crippen molar-refractivity contribution >= 4 is 0 Å². The Morgan fingerprint density at radius 1 is 1.45 bits per heavy atom. The first kappa shape index (κ1) is 7.32. The summed E-state index contributed by atoms with van der Waals surface area (Å²) in [7, 11) is 3.45. The van der Waals surface area contributed by atoms with Gasteiger partial charge in [-0.25, -0.2) is 0 Å². The average Bonchev–Trinajstić information content (AvgIpc) is 2.62. The Labute approximate surface area is 67.2 Å². The summed E-state index contributed by atoms with van der Waals surface area (Å²) in [4.78, 5) is 0. The predicted octanol–water partition coefficient (Wildman–Crippen LogP) is 1.72. The van der Waals surface area contributed by atoms with Gasteiger partial charge in [0.1, 0.15) is 0 Å². The van der Waals surface area contributed by atoms with Gasteiger partial charge in [-0.2, -0.15) is 0 Å². The number of fused-ring (bicyclic) bond motifs is 2. The average molecular weight is 154 g/mol. The Kier molecular flexibility index (Phi) is 1.55. The fourth-order valence-electron chi connectivity index (χ4n) is 2.28. The fraction of sp³-hybridized carbons (Fsp3) is 0.778. The molecule has 1 fully saturated rings. The summed E-state index contributed by atoms with van der Waals surface area (Å²) in [6.07, 6.45) is 5.72. The van der Waals surface area contributed by atoms with E-state index in [9.17, 15) is 0 Å². The van der Waals surface area contributed by atoms with Gasteiger partial charge in [0.25, 0.3) is 0 Å². The van der Waals surface area contributed by atoms with Gasteiger partial charge in [-0.3, -0.25) is 0 Å². The van der Waals surface area contributed by atoms with Crippen molar-refractivity contribution in [2.75, 3.05) is 14.2 Å². The van der Waals surface area contributed by atoms with Crippen molar-refractivity contribution in [1.29, 1.82) is 0 Å². The first-order valence-corrected chi connectivity index (χ1v) is 4.10. The van der Waals surface area contributed by atoms with E-state index in [1.165, 1.54) is 18.4 Å². The van der Waals surface area contributed by atoms with Gasteiger partial charge in [0.05, 0.1) is 0 Å². The zero-order valence-electron chi connectivity index (χ0n) is 7.09. The van der Waals surface area contributed by atoms with Crippen LogP contribution in [0.2, 0.25) is 0 Å². The van der Waals surface area contributed by atoms with Crippen LogP contribution in [0.5, 0.6) is 0 Å². The molecule has 0 aromatic rings. The largest absolute Gasteiger partial charge is 0.349 e. The normalized spacial score (nSPS) is 32.5. The Hall–Kier alpha value is -0.340. The van der Waals surface area contributed by atoms with Gasteiger partial charge in [-0.1, -0.05) is 6.08 Å². The Bertz CT molecular complexity index is 192. The van der Waals surface area contributed by atoms with Crippen LogP contribution in [0.3, 0.4) is 0 Å². The smallest absolute Gasteiger partial charge is 0.190 e. The Morgan fingerprint density at radius 3 is 2.45 bits per heavy atom. The Morgan fingerprint density at radius 2 is 2.18 bits per heavy atom. The highest BCUT2D eigenvalue weighted by atomic mass is 16.7. The molecule has 2 rings (SSSR count).